The van der Waals surface area contributed by atoms with Gasteiger partial charge in [-0.2, -0.15) is 0 Å². The van der Waals surface area contributed by atoms with Gasteiger partial charge in [-0.1, -0.05) is 6.07 Å². The number of benzene rings is 1. The fourth-order valence-electron chi connectivity index (χ4n) is 2.98. The highest BCUT2D eigenvalue weighted by Crippen LogP contribution is 2.28. The van der Waals surface area contributed by atoms with Crippen LogP contribution in [0.2, 0.25) is 0 Å². The molecule has 3 nitrogen and oxygen atoms in total. The number of rotatable bonds is 3. The molecule has 0 saturated carbocycles. The Kier molecular flexibility index (Phi) is 4.73. The third-order valence-corrected chi connectivity index (χ3v) is 4.38. The fourth-order valence-corrected chi connectivity index (χ4v) is 2.98. The highest BCUT2D eigenvalue weighted by molar-refractivity contribution is 5.24. The van der Waals surface area contributed by atoms with Crippen molar-refractivity contribution in [1.82, 2.24) is 9.80 Å². The number of halogens is 2. The summed E-state index contributed by atoms with van der Waals surface area (Å²) < 4.78 is 28.0. The molecule has 1 aliphatic heterocycles. The third-order valence-electron chi connectivity index (χ3n) is 4.38. The monoisotopic (exact) mass is 283 g/mol. The summed E-state index contributed by atoms with van der Waals surface area (Å²) in [6.07, 6.45) is 0. The van der Waals surface area contributed by atoms with Crippen LogP contribution >= 0.6 is 0 Å². The molecule has 1 aromatic rings. The normalized spacial score (nSPS) is 26.7. The van der Waals surface area contributed by atoms with E-state index in [2.05, 4.69) is 30.7 Å². The van der Waals surface area contributed by atoms with Gasteiger partial charge in [-0.05, 0) is 33.0 Å². The van der Waals surface area contributed by atoms with Crippen LogP contribution in [-0.2, 0) is 0 Å². The summed E-state index contributed by atoms with van der Waals surface area (Å²) in [7, 11) is 2.08. The lowest BCUT2D eigenvalue weighted by Gasteiger charge is -2.45. The molecule has 1 aromatic carbocycles. The molecule has 1 saturated heterocycles. The summed E-state index contributed by atoms with van der Waals surface area (Å²) in [4.78, 5) is 4.37. The molecule has 3 unspecified atom stereocenters. The summed E-state index contributed by atoms with van der Waals surface area (Å²) >= 11 is 0. The predicted molar refractivity (Wildman–Crippen MR) is 76.4 cm³/mol. The number of piperazine rings is 1. The lowest BCUT2D eigenvalue weighted by atomic mass is 10.00. The predicted octanol–water partition coefficient (Wildman–Crippen LogP) is 1.99. The van der Waals surface area contributed by atoms with E-state index in [1.807, 2.05) is 0 Å². The Labute approximate surface area is 119 Å². The first-order valence-corrected chi connectivity index (χ1v) is 7.05. The van der Waals surface area contributed by atoms with Crippen LogP contribution < -0.4 is 5.73 Å². The first-order chi connectivity index (χ1) is 9.45. The average Bonchev–Trinajstić information content (AvgIpc) is 2.40. The molecule has 0 aliphatic carbocycles. The second-order valence-corrected chi connectivity index (χ2v) is 5.70. The van der Waals surface area contributed by atoms with E-state index in [1.54, 1.807) is 0 Å². The molecule has 0 bridgehead atoms. The van der Waals surface area contributed by atoms with E-state index in [-0.39, 0.29) is 12.1 Å². The Hall–Kier alpha value is -1.04. The summed E-state index contributed by atoms with van der Waals surface area (Å²) in [5.41, 5.74) is 5.91. The summed E-state index contributed by atoms with van der Waals surface area (Å²) in [5, 5.41) is 0. The zero-order valence-electron chi connectivity index (χ0n) is 12.3. The standard InChI is InChI=1S/C15H23F2N3/c1-10-8-20(9-11(2)19(10)3)14(7-18)15-12(16)5-4-6-13(15)17/h4-6,10-11,14H,7-9,18H2,1-3H3. The topological polar surface area (TPSA) is 32.5 Å². The smallest absolute Gasteiger partial charge is 0.130 e. The maximum Gasteiger partial charge on any atom is 0.130 e. The summed E-state index contributed by atoms with van der Waals surface area (Å²) in [5.74, 6) is -1.03. The number of nitrogens with zero attached hydrogens (tertiary/aromatic N) is 2. The summed E-state index contributed by atoms with van der Waals surface area (Å²) in [6, 6.07) is 4.24. The first kappa shape index (κ1) is 15.4. The van der Waals surface area contributed by atoms with Crippen LogP contribution in [0, 0.1) is 11.6 Å². The van der Waals surface area contributed by atoms with E-state index in [0.29, 0.717) is 12.1 Å². The lowest BCUT2D eigenvalue weighted by molar-refractivity contribution is 0.0333. The second kappa shape index (κ2) is 6.16. The van der Waals surface area contributed by atoms with Gasteiger partial charge in [0.05, 0.1) is 6.04 Å². The SMILES string of the molecule is CC1CN(C(CN)c2c(F)cccc2F)CC(C)N1C. The van der Waals surface area contributed by atoms with Crippen molar-refractivity contribution in [2.75, 3.05) is 26.7 Å². The number of hydrogen-bond donors (Lipinski definition) is 1. The lowest BCUT2D eigenvalue weighted by Crippen LogP contribution is -2.56. The molecular weight excluding hydrogens is 260 g/mol. The van der Waals surface area contributed by atoms with Gasteiger partial charge in [0.25, 0.3) is 0 Å². The van der Waals surface area contributed by atoms with Gasteiger partial charge in [0.1, 0.15) is 11.6 Å². The third kappa shape index (κ3) is 2.85. The van der Waals surface area contributed by atoms with Crippen molar-refractivity contribution in [3.8, 4) is 0 Å². The zero-order chi connectivity index (χ0) is 14.9. The highest BCUT2D eigenvalue weighted by Gasteiger charge is 2.33. The molecule has 1 fully saturated rings. The van der Waals surface area contributed by atoms with Gasteiger partial charge in [-0.25, -0.2) is 8.78 Å². The molecule has 20 heavy (non-hydrogen) atoms. The van der Waals surface area contributed by atoms with Gasteiger partial charge in [0, 0.05) is 37.3 Å². The number of nitrogens with two attached hydrogens (primary N) is 1. The Morgan fingerprint density at radius 3 is 2.15 bits per heavy atom. The molecule has 0 amide bonds. The van der Waals surface area contributed by atoms with Crippen LogP contribution in [0.5, 0.6) is 0 Å². The minimum Gasteiger partial charge on any atom is -0.329 e. The van der Waals surface area contributed by atoms with Crippen molar-refractivity contribution in [2.45, 2.75) is 32.0 Å². The van der Waals surface area contributed by atoms with Crippen molar-refractivity contribution in [1.29, 1.82) is 0 Å². The van der Waals surface area contributed by atoms with E-state index in [9.17, 15) is 8.78 Å². The molecule has 112 valence electrons. The van der Waals surface area contributed by atoms with Crippen molar-refractivity contribution >= 4 is 0 Å². The Morgan fingerprint density at radius 1 is 1.20 bits per heavy atom. The second-order valence-electron chi connectivity index (χ2n) is 5.70. The largest absolute Gasteiger partial charge is 0.329 e. The zero-order valence-corrected chi connectivity index (χ0v) is 12.3. The molecular formula is C15H23F2N3. The van der Waals surface area contributed by atoms with Crippen LogP contribution in [0.4, 0.5) is 8.78 Å². The fraction of sp³-hybridized carbons (Fsp3) is 0.600. The molecule has 2 N–H and O–H groups in total. The molecule has 1 heterocycles. The van der Waals surface area contributed by atoms with E-state index in [0.717, 1.165) is 13.1 Å². The van der Waals surface area contributed by atoms with Gasteiger partial charge in [-0.15, -0.1) is 0 Å². The van der Waals surface area contributed by atoms with Gasteiger partial charge in [0.2, 0.25) is 0 Å². The van der Waals surface area contributed by atoms with E-state index in [4.69, 9.17) is 5.73 Å². The van der Waals surface area contributed by atoms with Crippen LogP contribution in [0.25, 0.3) is 0 Å². The molecule has 2 rings (SSSR count). The van der Waals surface area contributed by atoms with Gasteiger partial charge < -0.3 is 5.73 Å². The average molecular weight is 283 g/mol. The quantitative estimate of drug-likeness (QED) is 0.921. The van der Waals surface area contributed by atoms with Crippen LogP contribution in [-0.4, -0.2) is 48.6 Å². The molecule has 0 spiro atoms. The minimum atomic E-state index is -0.514. The molecule has 3 atom stereocenters. The molecule has 0 radical (unpaired) electrons. The summed E-state index contributed by atoms with van der Waals surface area (Å²) in [6.45, 7) is 5.97. The number of likely N-dealkylation sites (N-methyl/N-ethyl adjacent to an activating group) is 1. The van der Waals surface area contributed by atoms with Crippen molar-refractivity contribution in [3.63, 3.8) is 0 Å². The van der Waals surface area contributed by atoms with E-state index >= 15 is 0 Å². The van der Waals surface area contributed by atoms with E-state index < -0.39 is 17.7 Å². The van der Waals surface area contributed by atoms with Crippen molar-refractivity contribution < 1.29 is 8.78 Å². The Balaban J connectivity index is 2.29. The highest BCUT2D eigenvalue weighted by atomic mass is 19.1. The molecule has 0 aromatic heterocycles. The molecule has 5 heteroatoms. The van der Waals surface area contributed by atoms with Crippen LogP contribution in [0.15, 0.2) is 18.2 Å². The van der Waals surface area contributed by atoms with Crippen LogP contribution in [0.1, 0.15) is 25.5 Å². The van der Waals surface area contributed by atoms with Gasteiger partial charge >= 0.3 is 0 Å². The first-order valence-electron chi connectivity index (χ1n) is 7.05. The number of hydrogen-bond acceptors (Lipinski definition) is 3. The Morgan fingerprint density at radius 2 is 1.70 bits per heavy atom. The van der Waals surface area contributed by atoms with E-state index in [1.165, 1.54) is 18.2 Å². The van der Waals surface area contributed by atoms with Gasteiger partial charge in [-0.3, -0.25) is 9.80 Å². The van der Waals surface area contributed by atoms with Gasteiger partial charge in [0.15, 0.2) is 0 Å². The minimum absolute atomic E-state index is 0.0963. The van der Waals surface area contributed by atoms with Crippen LogP contribution in [0.3, 0.4) is 0 Å². The maximum atomic E-state index is 14.0. The maximum absolute atomic E-state index is 14.0. The molecule has 1 aliphatic rings. The van der Waals surface area contributed by atoms with Crippen molar-refractivity contribution in [3.05, 3.63) is 35.4 Å². The van der Waals surface area contributed by atoms with Crippen molar-refractivity contribution in [2.24, 2.45) is 5.73 Å². The Bertz CT molecular complexity index is 434.